The number of nitrogens with two attached hydrogens (primary N) is 1. The molecular formula is C12H17BrClFN2O2S. The van der Waals surface area contributed by atoms with Gasteiger partial charge in [0.05, 0.1) is 15.2 Å². The van der Waals surface area contributed by atoms with Gasteiger partial charge >= 0.3 is 0 Å². The lowest BCUT2D eigenvalue weighted by Crippen LogP contribution is -2.33. The summed E-state index contributed by atoms with van der Waals surface area (Å²) in [5, 5.41) is 0.0467. The zero-order valence-electron chi connectivity index (χ0n) is 11.2. The van der Waals surface area contributed by atoms with Gasteiger partial charge in [0, 0.05) is 6.04 Å². The first-order valence-electron chi connectivity index (χ1n) is 6.16. The van der Waals surface area contributed by atoms with Gasteiger partial charge in [-0.1, -0.05) is 31.4 Å². The topological polar surface area (TPSA) is 72.2 Å². The molecule has 0 aromatic heterocycles. The van der Waals surface area contributed by atoms with Crippen LogP contribution in [0.2, 0.25) is 5.02 Å². The highest BCUT2D eigenvalue weighted by atomic mass is 79.9. The fraction of sp³-hybridized carbons (Fsp3) is 0.500. The fourth-order valence-electron chi connectivity index (χ4n) is 1.69. The van der Waals surface area contributed by atoms with Crippen LogP contribution in [0.1, 0.15) is 33.1 Å². The summed E-state index contributed by atoms with van der Waals surface area (Å²) in [5.41, 5.74) is 5.17. The SMILES string of the molecule is CCCCC(C)NS(=O)(=O)c1cc(Cl)c(Br)c(N)c1F. The van der Waals surface area contributed by atoms with Gasteiger partial charge in [-0.3, -0.25) is 0 Å². The Morgan fingerprint density at radius 3 is 2.70 bits per heavy atom. The first-order valence-corrected chi connectivity index (χ1v) is 8.81. The summed E-state index contributed by atoms with van der Waals surface area (Å²) in [6.07, 6.45) is 2.52. The van der Waals surface area contributed by atoms with E-state index in [1.165, 1.54) is 0 Å². The molecule has 1 aromatic rings. The first kappa shape index (κ1) is 17.7. The number of anilines is 1. The number of halogens is 3. The molecule has 0 amide bonds. The molecule has 1 unspecified atom stereocenters. The molecule has 0 saturated carbocycles. The molecule has 1 rings (SSSR count). The largest absolute Gasteiger partial charge is 0.395 e. The molecule has 4 nitrogen and oxygen atoms in total. The standard InChI is InChI=1S/C12H17BrClFN2O2S/c1-3-4-5-7(2)17-20(18,19)9-6-8(14)10(13)12(16)11(9)15/h6-7,17H,3-5,16H2,1-2H3. The first-order chi connectivity index (χ1) is 9.20. The quantitative estimate of drug-likeness (QED) is 0.577. The lowest BCUT2D eigenvalue weighted by molar-refractivity contribution is 0.525. The van der Waals surface area contributed by atoms with E-state index < -0.39 is 20.7 Å². The van der Waals surface area contributed by atoms with E-state index in [0.717, 1.165) is 18.9 Å². The summed E-state index contributed by atoms with van der Waals surface area (Å²) < 4.78 is 40.9. The van der Waals surface area contributed by atoms with Gasteiger partial charge in [-0.15, -0.1) is 0 Å². The highest BCUT2D eigenvalue weighted by Crippen LogP contribution is 2.34. The van der Waals surface area contributed by atoms with E-state index in [1.807, 2.05) is 6.92 Å². The number of nitrogens with one attached hydrogen (secondary N) is 1. The van der Waals surface area contributed by atoms with Crippen molar-refractivity contribution in [3.05, 3.63) is 21.4 Å². The maximum absolute atomic E-state index is 14.0. The highest BCUT2D eigenvalue weighted by molar-refractivity contribution is 9.10. The molecule has 1 aromatic carbocycles. The van der Waals surface area contributed by atoms with Gasteiger partial charge in [0.25, 0.3) is 0 Å². The van der Waals surface area contributed by atoms with Crippen LogP contribution in [0, 0.1) is 5.82 Å². The van der Waals surface area contributed by atoms with Gasteiger partial charge in [-0.05, 0) is 35.3 Å². The molecule has 0 fully saturated rings. The fourth-order valence-corrected chi connectivity index (χ4v) is 3.65. The molecule has 114 valence electrons. The van der Waals surface area contributed by atoms with E-state index >= 15 is 0 Å². The maximum atomic E-state index is 14.0. The molecule has 0 radical (unpaired) electrons. The summed E-state index contributed by atoms with van der Waals surface area (Å²) in [6, 6.07) is 0.759. The number of sulfonamides is 1. The van der Waals surface area contributed by atoms with Crippen molar-refractivity contribution >= 4 is 43.2 Å². The van der Waals surface area contributed by atoms with Crippen LogP contribution in [-0.2, 0) is 10.0 Å². The third kappa shape index (κ3) is 4.07. The normalized spacial score (nSPS) is 13.4. The molecule has 0 bridgehead atoms. The van der Waals surface area contributed by atoms with Crippen LogP contribution in [0.5, 0.6) is 0 Å². The van der Waals surface area contributed by atoms with Crippen molar-refractivity contribution in [1.82, 2.24) is 4.72 Å². The van der Waals surface area contributed by atoms with Crippen LogP contribution in [0.3, 0.4) is 0 Å². The molecule has 0 spiro atoms. The third-order valence-electron chi connectivity index (χ3n) is 2.79. The zero-order chi connectivity index (χ0) is 15.5. The average molecular weight is 388 g/mol. The Bertz CT molecular complexity index is 596. The van der Waals surface area contributed by atoms with Crippen LogP contribution < -0.4 is 10.5 Å². The van der Waals surface area contributed by atoms with Crippen molar-refractivity contribution in [1.29, 1.82) is 0 Å². The number of hydrogen-bond donors (Lipinski definition) is 2. The Kier molecular flexibility index (Phi) is 6.25. The van der Waals surface area contributed by atoms with Crippen LogP contribution >= 0.6 is 27.5 Å². The van der Waals surface area contributed by atoms with Gasteiger partial charge in [0.1, 0.15) is 4.90 Å². The number of unbranched alkanes of at least 4 members (excludes halogenated alkanes) is 1. The molecule has 1 atom stereocenters. The third-order valence-corrected chi connectivity index (χ3v) is 5.76. The predicted octanol–water partition coefficient (Wildman–Crippen LogP) is 3.68. The van der Waals surface area contributed by atoms with Crippen LogP contribution in [0.25, 0.3) is 0 Å². The van der Waals surface area contributed by atoms with Crippen LogP contribution in [0.4, 0.5) is 10.1 Å². The van der Waals surface area contributed by atoms with Crippen molar-refractivity contribution in [2.75, 3.05) is 5.73 Å². The molecule has 0 saturated heterocycles. The second kappa shape index (κ2) is 7.06. The van der Waals surface area contributed by atoms with Crippen molar-refractivity contribution in [2.45, 2.75) is 44.0 Å². The minimum Gasteiger partial charge on any atom is -0.395 e. The molecular weight excluding hydrogens is 371 g/mol. The second-order valence-electron chi connectivity index (χ2n) is 4.56. The zero-order valence-corrected chi connectivity index (χ0v) is 14.4. The smallest absolute Gasteiger partial charge is 0.243 e. The van der Waals surface area contributed by atoms with Crippen LogP contribution in [-0.4, -0.2) is 14.5 Å². The Morgan fingerprint density at radius 1 is 1.55 bits per heavy atom. The predicted molar refractivity (Wildman–Crippen MR) is 82.8 cm³/mol. The minimum absolute atomic E-state index is 0.0467. The van der Waals surface area contributed by atoms with E-state index in [1.54, 1.807) is 6.92 Å². The minimum atomic E-state index is -3.99. The van der Waals surface area contributed by atoms with Crippen molar-refractivity contribution in [3.63, 3.8) is 0 Å². The maximum Gasteiger partial charge on any atom is 0.243 e. The monoisotopic (exact) mass is 386 g/mol. The number of nitrogen functional groups attached to an aromatic ring is 1. The highest BCUT2D eigenvalue weighted by Gasteiger charge is 2.25. The Morgan fingerprint density at radius 2 is 2.15 bits per heavy atom. The van der Waals surface area contributed by atoms with E-state index in [-0.39, 0.29) is 21.2 Å². The molecule has 0 heterocycles. The Hall–Kier alpha value is -0.370. The average Bonchev–Trinajstić information content (AvgIpc) is 2.37. The Labute approximate surface area is 132 Å². The van der Waals surface area contributed by atoms with Crippen molar-refractivity contribution in [3.8, 4) is 0 Å². The molecule has 20 heavy (non-hydrogen) atoms. The second-order valence-corrected chi connectivity index (χ2v) is 7.45. The van der Waals surface area contributed by atoms with Crippen LogP contribution in [0.15, 0.2) is 15.4 Å². The van der Waals surface area contributed by atoms with Gasteiger partial charge in [-0.25, -0.2) is 17.5 Å². The van der Waals surface area contributed by atoms with Crippen molar-refractivity contribution in [2.24, 2.45) is 0 Å². The van der Waals surface area contributed by atoms with Gasteiger partial charge in [0.2, 0.25) is 10.0 Å². The van der Waals surface area contributed by atoms with E-state index in [4.69, 9.17) is 17.3 Å². The van der Waals surface area contributed by atoms with E-state index in [2.05, 4.69) is 20.7 Å². The summed E-state index contributed by atoms with van der Waals surface area (Å²) in [7, 11) is -3.99. The number of hydrogen-bond acceptors (Lipinski definition) is 3. The number of rotatable bonds is 6. The molecule has 0 aliphatic heterocycles. The molecule has 3 N–H and O–H groups in total. The van der Waals surface area contributed by atoms with Crippen molar-refractivity contribution < 1.29 is 12.8 Å². The summed E-state index contributed by atoms with van der Waals surface area (Å²) in [4.78, 5) is -0.536. The summed E-state index contributed by atoms with van der Waals surface area (Å²) in [6.45, 7) is 3.74. The number of benzene rings is 1. The molecule has 0 aliphatic rings. The lowest BCUT2D eigenvalue weighted by Gasteiger charge is -2.15. The van der Waals surface area contributed by atoms with Gasteiger partial charge in [-0.2, -0.15) is 0 Å². The summed E-state index contributed by atoms with van der Waals surface area (Å²) in [5.74, 6) is -1.00. The molecule has 0 aliphatic carbocycles. The van der Waals surface area contributed by atoms with E-state index in [0.29, 0.717) is 6.42 Å². The van der Waals surface area contributed by atoms with Gasteiger partial charge in [0.15, 0.2) is 5.82 Å². The summed E-state index contributed by atoms with van der Waals surface area (Å²) >= 11 is 8.84. The van der Waals surface area contributed by atoms with E-state index in [9.17, 15) is 12.8 Å². The Balaban J connectivity index is 3.11. The van der Waals surface area contributed by atoms with Gasteiger partial charge < -0.3 is 5.73 Å². The lowest BCUT2D eigenvalue weighted by atomic mass is 10.2. The molecule has 8 heteroatoms.